The molecule has 2 saturated heterocycles. The Balaban J connectivity index is 1.54. The molecule has 176 valence electrons. The minimum absolute atomic E-state index is 0.0122. The van der Waals surface area contributed by atoms with Gasteiger partial charge in [0, 0.05) is 23.8 Å². The zero-order chi connectivity index (χ0) is 22.5. The van der Waals surface area contributed by atoms with E-state index in [2.05, 4.69) is 24.3 Å². The highest BCUT2D eigenvalue weighted by Gasteiger charge is 2.36. The highest BCUT2D eigenvalue weighted by Crippen LogP contribution is 2.33. The molecule has 8 nitrogen and oxygen atoms in total. The second-order valence-electron chi connectivity index (χ2n) is 9.22. The number of nitrogens with one attached hydrogen (secondary N) is 1. The lowest BCUT2D eigenvalue weighted by Crippen LogP contribution is -2.38. The topological polar surface area (TPSA) is 92.1 Å². The van der Waals surface area contributed by atoms with E-state index >= 15 is 0 Å². The van der Waals surface area contributed by atoms with Gasteiger partial charge in [-0.3, -0.25) is 10.1 Å². The molecule has 1 aromatic heterocycles. The van der Waals surface area contributed by atoms with Crippen molar-refractivity contribution in [2.45, 2.75) is 82.5 Å². The zero-order valence-corrected chi connectivity index (χ0v) is 20.1. The maximum absolute atomic E-state index is 12.8. The molecular weight excluding hydrogens is 420 g/mol. The molecule has 1 amide bonds. The van der Waals surface area contributed by atoms with E-state index in [4.69, 9.17) is 23.5 Å². The van der Waals surface area contributed by atoms with E-state index in [1.165, 1.54) is 11.8 Å². The molecule has 2 aliphatic heterocycles. The van der Waals surface area contributed by atoms with Gasteiger partial charge in [-0.2, -0.15) is 0 Å². The Labute approximate surface area is 189 Å². The molecule has 0 saturated carbocycles. The van der Waals surface area contributed by atoms with E-state index in [0.717, 1.165) is 31.6 Å². The minimum atomic E-state index is -0.655. The summed E-state index contributed by atoms with van der Waals surface area (Å²) in [6.07, 6.45) is 2.81. The number of nitrogens with zero attached hydrogens (tertiary/aromatic N) is 1. The van der Waals surface area contributed by atoms with Gasteiger partial charge in [0.05, 0.1) is 42.5 Å². The van der Waals surface area contributed by atoms with Crippen LogP contribution in [0.4, 0.5) is 5.88 Å². The summed E-state index contributed by atoms with van der Waals surface area (Å²) in [5.74, 6) is 0.877. The highest BCUT2D eigenvalue weighted by atomic mass is 32.2. The SMILES string of the molecule is C[C@H](OC1CCCCO1)C(C)(C)c1cc(NC(=O)C(C)(C)SCC2COCCO2)on1. The predicted molar refractivity (Wildman–Crippen MR) is 119 cm³/mol. The van der Waals surface area contributed by atoms with Crippen LogP contribution in [0.3, 0.4) is 0 Å². The molecule has 0 spiro atoms. The highest BCUT2D eigenvalue weighted by molar-refractivity contribution is 8.01. The van der Waals surface area contributed by atoms with Crippen molar-refractivity contribution in [3.05, 3.63) is 11.8 Å². The van der Waals surface area contributed by atoms with Gasteiger partial charge in [0.2, 0.25) is 11.8 Å². The smallest absolute Gasteiger partial charge is 0.242 e. The summed E-state index contributed by atoms with van der Waals surface area (Å²) in [5.41, 5.74) is 0.319. The standard InChI is InChI=1S/C22H36N2O6S/c1-15(29-19-8-6-7-9-28-19)21(2,3)17-12-18(30-24-17)23-20(25)22(4,5)31-14-16-13-26-10-11-27-16/h12,15-16,19H,6-11,13-14H2,1-5H3,(H,23,25)/t15-,16?,19?/m0/s1. The maximum atomic E-state index is 12.8. The second kappa shape index (κ2) is 10.7. The van der Waals surface area contributed by atoms with Gasteiger partial charge in [0.15, 0.2) is 6.29 Å². The first-order chi connectivity index (χ1) is 14.7. The van der Waals surface area contributed by atoms with E-state index in [1.54, 1.807) is 6.07 Å². The van der Waals surface area contributed by atoms with Crippen LogP contribution in [0.5, 0.6) is 0 Å². The molecule has 3 rings (SSSR count). The minimum Gasteiger partial charge on any atom is -0.376 e. The van der Waals surface area contributed by atoms with Crippen LogP contribution in [0.15, 0.2) is 10.6 Å². The number of carbonyl (C=O) groups is 1. The lowest BCUT2D eigenvalue weighted by atomic mass is 9.84. The Morgan fingerprint density at radius 2 is 2.06 bits per heavy atom. The maximum Gasteiger partial charge on any atom is 0.242 e. The Morgan fingerprint density at radius 3 is 2.74 bits per heavy atom. The number of carbonyl (C=O) groups excluding carboxylic acids is 1. The molecule has 2 fully saturated rings. The normalized spacial score (nSPS) is 24.0. The van der Waals surface area contributed by atoms with Gasteiger partial charge in [-0.25, -0.2) is 0 Å². The molecule has 31 heavy (non-hydrogen) atoms. The van der Waals surface area contributed by atoms with E-state index < -0.39 is 10.2 Å². The van der Waals surface area contributed by atoms with Gasteiger partial charge in [-0.05, 0) is 40.0 Å². The summed E-state index contributed by atoms with van der Waals surface area (Å²) in [7, 11) is 0. The van der Waals surface area contributed by atoms with Crippen LogP contribution in [0.2, 0.25) is 0 Å². The number of amides is 1. The molecule has 3 atom stereocenters. The fourth-order valence-corrected chi connectivity index (χ4v) is 4.30. The number of hydrogen-bond donors (Lipinski definition) is 1. The fraction of sp³-hybridized carbons (Fsp3) is 0.818. The Bertz CT molecular complexity index is 711. The molecular formula is C22H36N2O6S. The van der Waals surface area contributed by atoms with E-state index in [9.17, 15) is 4.79 Å². The van der Waals surface area contributed by atoms with Crippen molar-refractivity contribution in [1.29, 1.82) is 0 Å². The summed E-state index contributed by atoms with van der Waals surface area (Å²) in [5, 5.41) is 7.06. The van der Waals surface area contributed by atoms with E-state index in [0.29, 0.717) is 31.5 Å². The van der Waals surface area contributed by atoms with Crippen LogP contribution in [0, 0.1) is 0 Å². The van der Waals surface area contributed by atoms with Gasteiger partial charge in [0.1, 0.15) is 0 Å². The first-order valence-corrected chi connectivity index (χ1v) is 12.1. The number of rotatable bonds is 9. The monoisotopic (exact) mass is 456 g/mol. The molecule has 9 heteroatoms. The lowest BCUT2D eigenvalue weighted by molar-refractivity contribution is -0.196. The van der Waals surface area contributed by atoms with Gasteiger partial charge in [0.25, 0.3) is 0 Å². The van der Waals surface area contributed by atoms with Crippen molar-refractivity contribution in [2.24, 2.45) is 0 Å². The van der Waals surface area contributed by atoms with Crippen LogP contribution >= 0.6 is 11.8 Å². The third kappa shape index (κ3) is 6.68. The Hall–Kier alpha value is -1.13. The van der Waals surface area contributed by atoms with E-state index in [1.807, 2.05) is 20.8 Å². The van der Waals surface area contributed by atoms with Gasteiger partial charge >= 0.3 is 0 Å². The average molecular weight is 457 g/mol. The van der Waals surface area contributed by atoms with Crippen LogP contribution in [0.1, 0.15) is 59.6 Å². The van der Waals surface area contributed by atoms with Crippen molar-refractivity contribution < 1.29 is 28.3 Å². The lowest BCUT2D eigenvalue weighted by Gasteiger charge is -2.34. The van der Waals surface area contributed by atoms with Crippen molar-refractivity contribution in [3.8, 4) is 0 Å². The van der Waals surface area contributed by atoms with Gasteiger partial charge in [-0.15, -0.1) is 11.8 Å². The number of hydrogen-bond acceptors (Lipinski definition) is 8. The third-order valence-corrected chi connectivity index (χ3v) is 7.42. The third-order valence-electron chi connectivity index (χ3n) is 5.98. The van der Waals surface area contributed by atoms with Gasteiger partial charge < -0.3 is 23.5 Å². The summed E-state index contributed by atoms with van der Waals surface area (Å²) in [6, 6.07) is 1.78. The van der Waals surface area contributed by atoms with Crippen LogP contribution in [0.25, 0.3) is 0 Å². The van der Waals surface area contributed by atoms with Crippen LogP contribution in [-0.4, -0.2) is 66.5 Å². The summed E-state index contributed by atoms with van der Waals surface area (Å²) < 4.78 is 27.7. The molecule has 1 N–H and O–H groups in total. The van der Waals surface area contributed by atoms with Crippen molar-refractivity contribution in [2.75, 3.05) is 37.5 Å². The van der Waals surface area contributed by atoms with E-state index in [-0.39, 0.29) is 24.4 Å². The van der Waals surface area contributed by atoms with Crippen LogP contribution in [-0.2, 0) is 29.2 Å². The quantitative estimate of drug-likeness (QED) is 0.601. The Kier molecular flexibility index (Phi) is 8.43. The number of thioether (sulfide) groups is 1. The number of anilines is 1. The number of aromatic nitrogens is 1. The molecule has 0 aromatic carbocycles. The van der Waals surface area contributed by atoms with Crippen molar-refractivity contribution >= 4 is 23.6 Å². The largest absolute Gasteiger partial charge is 0.376 e. The molecule has 2 unspecified atom stereocenters. The predicted octanol–water partition coefficient (Wildman–Crippen LogP) is 3.75. The molecule has 2 aliphatic rings. The molecule has 0 bridgehead atoms. The molecule has 3 heterocycles. The first kappa shape index (κ1) is 24.5. The summed E-state index contributed by atoms with van der Waals surface area (Å²) in [6.45, 7) is 12.4. The van der Waals surface area contributed by atoms with Gasteiger partial charge in [-0.1, -0.05) is 19.0 Å². The summed E-state index contributed by atoms with van der Waals surface area (Å²) in [4.78, 5) is 12.8. The fourth-order valence-electron chi connectivity index (χ4n) is 3.32. The Morgan fingerprint density at radius 1 is 1.26 bits per heavy atom. The molecule has 0 radical (unpaired) electrons. The van der Waals surface area contributed by atoms with Crippen LogP contribution < -0.4 is 5.32 Å². The van der Waals surface area contributed by atoms with Crippen molar-refractivity contribution in [3.63, 3.8) is 0 Å². The average Bonchev–Trinajstić information content (AvgIpc) is 3.23. The number of ether oxygens (including phenoxy) is 4. The summed E-state index contributed by atoms with van der Waals surface area (Å²) >= 11 is 1.54. The van der Waals surface area contributed by atoms with Crippen molar-refractivity contribution in [1.82, 2.24) is 5.16 Å². The molecule has 1 aromatic rings. The first-order valence-electron chi connectivity index (χ1n) is 11.1. The molecule has 0 aliphatic carbocycles. The zero-order valence-electron chi connectivity index (χ0n) is 19.3. The second-order valence-corrected chi connectivity index (χ2v) is 10.9.